The number of aryl methyl sites for hydroxylation is 1. The fraction of sp³-hybridized carbons (Fsp3) is 0.185. The molecule has 4 nitrogen and oxygen atoms in total. The minimum absolute atomic E-state index is 0.0599. The van der Waals surface area contributed by atoms with Gasteiger partial charge in [-0.2, -0.15) is 0 Å². The van der Waals surface area contributed by atoms with Gasteiger partial charge in [-0.3, -0.25) is 9.59 Å². The van der Waals surface area contributed by atoms with E-state index in [1.807, 2.05) is 91.0 Å². The van der Waals surface area contributed by atoms with E-state index in [-0.39, 0.29) is 11.8 Å². The number of nitrogens with one attached hydrogen (secondary N) is 1. The molecule has 0 heterocycles. The summed E-state index contributed by atoms with van der Waals surface area (Å²) in [6.07, 6.45) is 2.59. The van der Waals surface area contributed by atoms with Crippen LogP contribution in [0.2, 0.25) is 0 Å². The Hall–Kier alpha value is -3.66. The zero-order valence-electron chi connectivity index (χ0n) is 17.6. The fourth-order valence-corrected chi connectivity index (χ4v) is 3.52. The molecule has 0 aliphatic heterocycles. The molecule has 2 amide bonds. The molecule has 0 unspecified atom stereocenters. The van der Waals surface area contributed by atoms with E-state index in [2.05, 4.69) is 11.9 Å². The smallest absolute Gasteiger partial charge is 0.247 e. The van der Waals surface area contributed by atoms with Crippen molar-refractivity contribution in [2.45, 2.75) is 25.4 Å². The molecule has 4 heteroatoms. The summed E-state index contributed by atoms with van der Waals surface area (Å²) in [4.78, 5) is 28.3. The van der Waals surface area contributed by atoms with Gasteiger partial charge in [-0.05, 0) is 23.1 Å². The lowest BCUT2D eigenvalue weighted by atomic mass is 10.0. The van der Waals surface area contributed by atoms with Crippen molar-refractivity contribution in [1.82, 2.24) is 10.2 Å². The van der Waals surface area contributed by atoms with E-state index < -0.39 is 6.04 Å². The lowest BCUT2D eigenvalue weighted by Crippen LogP contribution is -2.43. The molecule has 1 N–H and O–H groups in total. The monoisotopic (exact) mass is 412 g/mol. The third-order valence-electron chi connectivity index (χ3n) is 5.08. The SMILES string of the molecule is C=CCNC(=O)[C@@H](c1ccccc1)N(Cc1ccccc1)C(=O)CCc1ccccc1. The largest absolute Gasteiger partial charge is 0.351 e. The Bertz CT molecular complexity index is 972. The molecule has 0 spiro atoms. The summed E-state index contributed by atoms with van der Waals surface area (Å²) in [6.45, 7) is 4.38. The fourth-order valence-electron chi connectivity index (χ4n) is 3.52. The van der Waals surface area contributed by atoms with Crippen molar-refractivity contribution in [3.05, 3.63) is 120 Å². The first-order chi connectivity index (χ1) is 15.2. The molecular formula is C27H28N2O2. The predicted molar refractivity (Wildman–Crippen MR) is 124 cm³/mol. The maximum Gasteiger partial charge on any atom is 0.247 e. The van der Waals surface area contributed by atoms with E-state index >= 15 is 0 Å². The van der Waals surface area contributed by atoms with Crippen LogP contribution in [0.15, 0.2) is 104 Å². The van der Waals surface area contributed by atoms with E-state index in [9.17, 15) is 9.59 Å². The van der Waals surface area contributed by atoms with Gasteiger partial charge in [-0.25, -0.2) is 0 Å². The van der Waals surface area contributed by atoms with Gasteiger partial charge < -0.3 is 10.2 Å². The van der Waals surface area contributed by atoms with Crippen molar-refractivity contribution in [2.24, 2.45) is 0 Å². The van der Waals surface area contributed by atoms with Gasteiger partial charge in [0.05, 0.1) is 0 Å². The Labute approximate surface area is 184 Å². The summed E-state index contributed by atoms with van der Waals surface area (Å²) in [5, 5.41) is 2.87. The summed E-state index contributed by atoms with van der Waals surface area (Å²) < 4.78 is 0. The summed E-state index contributed by atoms with van der Waals surface area (Å²) in [5.41, 5.74) is 2.86. The average Bonchev–Trinajstić information content (AvgIpc) is 2.83. The predicted octanol–water partition coefficient (Wildman–Crippen LogP) is 4.69. The number of carbonyl (C=O) groups excluding carboxylic acids is 2. The lowest BCUT2D eigenvalue weighted by Gasteiger charge is -2.31. The zero-order valence-corrected chi connectivity index (χ0v) is 17.6. The van der Waals surface area contributed by atoms with Crippen LogP contribution in [0.1, 0.15) is 29.2 Å². The molecule has 0 bridgehead atoms. The van der Waals surface area contributed by atoms with Gasteiger partial charge in [0, 0.05) is 19.5 Å². The van der Waals surface area contributed by atoms with Crippen molar-refractivity contribution in [3.8, 4) is 0 Å². The third kappa shape index (κ3) is 6.41. The van der Waals surface area contributed by atoms with Gasteiger partial charge in [-0.15, -0.1) is 6.58 Å². The molecule has 0 radical (unpaired) electrons. The van der Waals surface area contributed by atoms with E-state index in [0.717, 1.165) is 16.7 Å². The quantitative estimate of drug-likeness (QED) is 0.491. The van der Waals surface area contributed by atoms with Crippen molar-refractivity contribution in [2.75, 3.05) is 6.54 Å². The molecular weight excluding hydrogens is 384 g/mol. The standard InChI is InChI=1S/C27H28N2O2/c1-2-20-28-27(31)26(24-16-10-5-11-17-24)29(21-23-14-8-4-9-15-23)25(30)19-18-22-12-6-3-7-13-22/h2-17,26H,1,18-21H2,(H,28,31)/t26-/m1/s1. The number of amides is 2. The van der Waals surface area contributed by atoms with Gasteiger partial charge in [0.2, 0.25) is 11.8 Å². The summed E-state index contributed by atoms with van der Waals surface area (Å²) in [6, 6.07) is 28.4. The van der Waals surface area contributed by atoms with Crippen LogP contribution in [-0.2, 0) is 22.6 Å². The zero-order chi connectivity index (χ0) is 21.9. The first kappa shape index (κ1) is 22.0. The van der Waals surface area contributed by atoms with Gasteiger partial charge in [0.15, 0.2) is 0 Å². The van der Waals surface area contributed by atoms with Gasteiger partial charge in [0.25, 0.3) is 0 Å². The first-order valence-corrected chi connectivity index (χ1v) is 10.5. The lowest BCUT2D eigenvalue weighted by molar-refractivity contribution is -0.141. The highest BCUT2D eigenvalue weighted by Crippen LogP contribution is 2.25. The van der Waals surface area contributed by atoms with Crippen LogP contribution in [0.4, 0.5) is 0 Å². The molecule has 31 heavy (non-hydrogen) atoms. The van der Waals surface area contributed by atoms with Gasteiger partial charge in [-0.1, -0.05) is 97.1 Å². The van der Waals surface area contributed by atoms with Crippen LogP contribution < -0.4 is 5.32 Å². The molecule has 0 aromatic heterocycles. The minimum atomic E-state index is -0.718. The maximum absolute atomic E-state index is 13.4. The van der Waals surface area contributed by atoms with Crippen LogP contribution in [0.5, 0.6) is 0 Å². The minimum Gasteiger partial charge on any atom is -0.351 e. The molecule has 3 aromatic rings. The topological polar surface area (TPSA) is 49.4 Å². The highest BCUT2D eigenvalue weighted by atomic mass is 16.2. The molecule has 0 aliphatic carbocycles. The van der Waals surface area contributed by atoms with Crippen LogP contribution >= 0.6 is 0 Å². The second-order valence-electron chi connectivity index (χ2n) is 7.34. The Morgan fingerprint density at radius 2 is 1.39 bits per heavy atom. The van der Waals surface area contributed by atoms with E-state index in [1.165, 1.54) is 0 Å². The molecule has 0 aliphatic rings. The number of hydrogen-bond donors (Lipinski definition) is 1. The van der Waals surface area contributed by atoms with Crippen molar-refractivity contribution >= 4 is 11.8 Å². The van der Waals surface area contributed by atoms with Gasteiger partial charge in [0.1, 0.15) is 6.04 Å². The third-order valence-corrected chi connectivity index (χ3v) is 5.08. The number of hydrogen-bond acceptors (Lipinski definition) is 2. The summed E-state index contributed by atoms with van der Waals surface area (Å²) in [5.74, 6) is -0.273. The summed E-state index contributed by atoms with van der Waals surface area (Å²) >= 11 is 0. The van der Waals surface area contributed by atoms with E-state index in [4.69, 9.17) is 0 Å². The molecule has 3 rings (SSSR count). The van der Waals surface area contributed by atoms with Crippen LogP contribution in [0.25, 0.3) is 0 Å². The van der Waals surface area contributed by atoms with Crippen molar-refractivity contribution < 1.29 is 9.59 Å². The molecule has 0 saturated heterocycles. The Balaban J connectivity index is 1.91. The van der Waals surface area contributed by atoms with E-state index in [1.54, 1.807) is 11.0 Å². The van der Waals surface area contributed by atoms with E-state index in [0.29, 0.717) is 25.9 Å². The molecule has 0 saturated carbocycles. The number of nitrogens with zero attached hydrogens (tertiary/aromatic N) is 1. The Morgan fingerprint density at radius 1 is 0.839 bits per heavy atom. The van der Waals surface area contributed by atoms with Crippen LogP contribution in [0.3, 0.4) is 0 Å². The summed E-state index contributed by atoms with van der Waals surface area (Å²) in [7, 11) is 0. The van der Waals surface area contributed by atoms with Crippen LogP contribution in [0, 0.1) is 0 Å². The number of rotatable bonds is 10. The number of benzene rings is 3. The highest BCUT2D eigenvalue weighted by Gasteiger charge is 2.31. The average molecular weight is 413 g/mol. The van der Waals surface area contributed by atoms with Gasteiger partial charge >= 0.3 is 0 Å². The normalized spacial score (nSPS) is 11.4. The van der Waals surface area contributed by atoms with Crippen molar-refractivity contribution in [1.29, 1.82) is 0 Å². The second-order valence-corrected chi connectivity index (χ2v) is 7.34. The highest BCUT2D eigenvalue weighted by molar-refractivity contribution is 5.89. The second kappa shape index (κ2) is 11.5. The first-order valence-electron chi connectivity index (χ1n) is 10.5. The molecule has 3 aromatic carbocycles. The van der Waals surface area contributed by atoms with Crippen LogP contribution in [-0.4, -0.2) is 23.3 Å². The Morgan fingerprint density at radius 3 is 1.97 bits per heavy atom. The van der Waals surface area contributed by atoms with Crippen molar-refractivity contribution in [3.63, 3.8) is 0 Å². The molecule has 158 valence electrons. The molecule has 0 fully saturated rings. The Kier molecular flexibility index (Phi) is 8.18. The number of carbonyl (C=O) groups is 2. The maximum atomic E-state index is 13.4. The molecule has 1 atom stereocenters.